The van der Waals surface area contributed by atoms with Crippen LogP contribution in [0.4, 0.5) is 0 Å². The topological polar surface area (TPSA) is 84.5 Å². The summed E-state index contributed by atoms with van der Waals surface area (Å²) in [5.74, 6) is -1.98. The van der Waals surface area contributed by atoms with E-state index in [0.29, 0.717) is 24.5 Å². The lowest BCUT2D eigenvalue weighted by atomic mass is 9.82. The summed E-state index contributed by atoms with van der Waals surface area (Å²) in [6.45, 7) is 7.42. The maximum atomic E-state index is 13.3. The molecule has 0 saturated heterocycles. The molecule has 0 atom stereocenters. The van der Waals surface area contributed by atoms with Gasteiger partial charge in [-0.25, -0.2) is 9.59 Å². The molecule has 0 unspecified atom stereocenters. The number of fused-ring (bicyclic) bond motifs is 2. The van der Waals surface area contributed by atoms with Crippen LogP contribution in [0.25, 0.3) is 0 Å². The van der Waals surface area contributed by atoms with Crippen LogP contribution >= 0.6 is 15.9 Å². The van der Waals surface area contributed by atoms with Crippen LogP contribution < -0.4 is 0 Å². The van der Waals surface area contributed by atoms with Gasteiger partial charge in [-0.1, -0.05) is 99.0 Å². The zero-order valence-corrected chi connectivity index (χ0v) is 31.9. The van der Waals surface area contributed by atoms with Crippen LogP contribution in [0, 0.1) is 6.92 Å². The third-order valence-corrected chi connectivity index (χ3v) is 11.9. The lowest BCUT2D eigenvalue weighted by molar-refractivity contribution is 0.0673. The number of aromatic carboxylic acids is 2. The highest BCUT2D eigenvalue weighted by molar-refractivity contribution is 9.10. The number of hydrogen-bond donors (Lipinski definition) is 2. The van der Waals surface area contributed by atoms with Crippen LogP contribution in [-0.2, 0) is 38.8 Å². The predicted octanol–water partition coefficient (Wildman–Crippen LogP) is 11.4. The molecule has 0 amide bonds. The maximum absolute atomic E-state index is 13.3. The minimum Gasteiger partial charge on any atom is -0.477 e. The Labute approximate surface area is 302 Å². The van der Waals surface area contributed by atoms with E-state index in [2.05, 4.69) is 64.0 Å². The summed E-state index contributed by atoms with van der Waals surface area (Å²) in [7, 11) is 0. The Morgan fingerprint density at radius 3 is 1.29 bits per heavy atom. The number of nitrogens with zero attached hydrogens (tertiary/aromatic N) is 2. The van der Waals surface area contributed by atoms with E-state index in [-0.39, 0.29) is 5.92 Å². The van der Waals surface area contributed by atoms with Crippen molar-refractivity contribution < 1.29 is 19.8 Å². The molecule has 0 saturated carbocycles. The quantitative estimate of drug-likeness (QED) is 0.253. The summed E-state index contributed by atoms with van der Waals surface area (Å²) in [5.41, 5.74) is 9.75. The van der Waals surface area contributed by atoms with Gasteiger partial charge in [-0.3, -0.25) is 0 Å². The van der Waals surface area contributed by atoms with Crippen molar-refractivity contribution >= 4 is 27.9 Å². The number of hydrogen-bond acceptors (Lipinski definition) is 2. The van der Waals surface area contributed by atoms with Crippen molar-refractivity contribution in [2.24, 2.45) is 0 Å². The Kier molecular flexibility index (Phi) is 13.7. The first-order valence-electron chi connectivity index (χ1n) is 19.5. The maximum Gasteiger partial charge on any atom is 0.352 e. The standard InChI is InChI=1S/C42H59BrN2O4/c1-4-44-37(32-22-18-14-10-6-8-12-16-20-24-34(32)39(44)41(46)47)36(31-27-26-30(43)28-29(31)3)38-33-23-19-15-11-7-9-13-17-21-25-35(33)40(42(48)49)45(38)5-2/h26-28,36H,4-25H2,1-3H3,(H,46,47)(H,48,49). The van der Waals surface area contributed by atoms with E-state index in [1.165, 1.54) is 62.5 Å². The van der Waals surface area contributed by atoms with E-state index in [1.807, 2.05) is 0 Å². The van der Waals surface area contributed by atoms with E-state index >= 15 is 0 Å². The second-order valence-electron chi connectivity index (χ2n) is 14.6. The van der Waals surface area contributed by atoms with Crippen LogP contribution in [-0.4, -0.2) is 31.3 Å². The first-order valence-corrected chi connectivity index (χ1v) is 20.3. The predicted molar refractivity (Wildman–Crippen MR) is 203 cm³/mol. The third-order valence-electron chi connectivity index (χ3n) is 11.4. The molecule has 7 heteroatoms. The molecule has 0 radical (unpaired) electrons. The number of rotatable bonds is 7. The molecular weight excluding hydrogens is 676 g/mol. The largest absolute Gasteiger partial charge is 0.477 e. The van der Waals surface area contributed by atoms with E-state index in [4.69, 9.17) is 0 Å². The average molecular weight is 736 g/mol. The van der Waals surface area contributed by atoms with E-state index in [0.717, 1.165) is 115 Å². The molecule has 2 aliphatic rings. The van der Waals surface area contributed by atoms with Gasteiger partial charge in [0.2, 0.25) is 0 Å². The molecule has 0 spiro atoms. The van der Waals surface area contributed by atoms with Crippen LogP contribution in [0.15, 0.2) is 22.7 Å². The Balaban J connectivity index is 1.88. The number of benzene rings is 1. The van der Waals surface area contributed by atoms with Gasteiger partial charge in [-0.2, -0.15) is 0 Å². The molecular formula is C42H59BrN2O4. The van der Waals surface area contributed by atoms with Crippen molar-refractivity contribution in [1.29, 1.82) is 0 Å². The highest BCUT2D eigenvalue weighted by Gasteiger charge is 2.37. The number of aryl methyl sites for hydroxylation is 1. The Morgan fingerprint density at radius 2 is 0.959 bits per heavy atom. The zero-order chi connectivity index (χ0) is 34.9. The minimum absolute atomic E-state index is 0.280. The van der Waals surface area contributed by atoms with Gasteiger partial charge in [0.1, 0.15) is 11.4 Å². The average Bonchev–Trinajstić information content (AvgIpc) is 3.53. The monoisotopic (exact) mass is 734 g/mol. The fraction of sp³-hybridized carbons (Fsp3) is 0.619. The van der Waals surface area contributed by atoms with Crippen molar-refractivity contribution in [1.82, 2.24) is 9.13 Å². The molecule has 6 nitrogen and oxygen atoms in total. The van der Waals surface area contributed by atoms with Gasteiger partial charge < -0.3 is 19.3 Å². The second kappa shape index (κ2) is 17.9. The summed E-state index contributed by atoms with van der Waals surface area (Å²) in [4.78, 5) is 26.6. The van der Waals surface area contributed by atoms with Gasteiger partial charge in [-0.15, -0.1) is 0 Å². The van der Waals surface area contributed by atoms with Gasteiger partial charge in [0.25, 0.3) is 0 Å². The summed E-state index contributed by atoms with van der Waals surface area (Å²) >= 11 is 3.71. The Morgan fingerprint density at radius 1 is 0.612 bits per heavy atom. The van der Waals surface area contributed by atoms with Crippen LogP contribution in [0.1, 0.15) is 188 Å². The summed E-state index contributed by atoms with van der Waals surface area (Å²) < 4.78 is 5.25. The molecule has 0 fully saturated rings. The van der Waals surface area contributed by atoms with Crippen molar-refractivity contribution in [3.8, 4) is 0 Å². The van der Waals surface area contributed by atoms with Crippen molar-refractivity contribution in [3.05, 3.63) is 78.8 Å². The molecule has 0 aliphatic heterocycles. The molecule has 49 heavy (non-hydrogen) atoms. The van der Waals surface area contributed by atoms with Gasteiger partial charge in [0.05, 0.1) is 5.92 Å². The van der Waals surface area contributed by atoms with E-state index in [9.17, 15) is 19.8 Å². The number of carbonyl (C=O) groups is 2. The summed E-state index contributed by atoms with van der Waals surface area (Å²) in [5, 5.41) is 21.8. The van der Waals surface area contributed by atoms with Crippen molar-refractivity contribution in [2.75, 3.05) is 0 Å². The summed E-state index contributed by atoms with van der Waals surface area (Å²) in [6, 6.07) is 6.47. The van der Waals surface area contributed by atoms with Crippen LogP contribution in [0.5, 0.6) is 0 Å². The molecule has 0 bridgehead atoms. The number of aromatic nitrogens is 2. The van der Waals surface area contributed by atoms with Crippen molar-refractivity contribution in [2.45, 2.75) is 168 Å². The minimum atomic E-state index is -0.852. The molecule has 2 aliphatic carbocycles. The molecule has 3 aromatic rings. The Bertz CT molecular complexity index is 1510. The van der Waals surface area contributed by atoms with Crippen molar-refractivity contribution in [3.63, 3.8) is 0 Å². The number of halogens is 1. The van der Waals surface area contributed by atoms with Gasteiger partial charge in [0, 0.05) is 29.0 Å². The zero-order valence-electron chi connectivity index (χ0n) is 30.3. The van der Waals surface area contributed by atoms with Gasteiger partial charge >= 0.3 is 11.9 Å². The highest BCUT2D eigenvalue weighted by atomic mass is 79.9. The van der Waals surface area contributed by atoms with Crippen LogP contribution in [0.2, 0.25) is 0 Å². The van der Waals surface area contributed by atoms with Gasteiger partial charge in [0.15, 0.2) is 0 Å². The van der Waals surface area contributed by atoms with E-state index < -0.39 is 11.9 Å². The molecule has 1 aromatic carbocycles. The second-order valence-corrected chi connectivity index (χ2v) is 15.5. The first kappa shape index (κ1) is 37.5. The molecule has 2 heterocycles. The first-order chi connectivity index (χ1) is 23.8. The lowest BCUT2D eigenvalue weighted by Crippen LogP contribution is -2.21. The number of carboxylic acids is 2. The SMILES string of the molecule is CCn1c(C(=O)O)c2c(c1C(c1ccc(Br)cc1C)c1c3c(c(C(=O)O)n1CC)CCCCCCCCCC3)CCCCCCCCCC2. The van der Waals surface area contributed by atoms with E-state index in [1.54, 1.807) is 0 Å². The normalized spacial score (nSPS) is 17.2. The molecule has 268 valence electrons. The summed E-state index contributed by atoms with van der Waals surface area (Å²) in [6.07, 6.45) is 21.7. The van der Waals surface area contributed by atoms with Crippen LogP contribution in [0.3, 0.4) is 0 Å². The Hall–Kier alpha value is -2.80. The molecule has 5 rings (SSSR count). The molecule has 2 N–H and O–H groups in total. The highest BCUT2D eigenvalue weighted by Crippen LogP contribution is 2.45. The smallest absolute Gasteiger partial charge is 0.352 e. The fourth-order valence-electron chi connectivity index (χ4n) is 9.11. The molecule has 2 aromatic heterocycles. The lowest BCUT2D eigenvalue weighted by Gasteiger charge is -2.27. The fourth-order valence-corrected chi connectivity index (χ4v) is 9.58. The number of carboxylic acid groups (broad SMARTS) is 2. The third kappa shape index (κ3) is 8.40. The van der Waals surface area contributed by atoms with Gasteiger partial charge in [-0.05, 0) is 118 Å².